The Labute approximate surface area is 86.6 Å². The van der Waals surface area contributed by atoms with Crippen LogP contribution in [0.15, 0.2) is 0 Å². The number of ether oxygens (including phenoxy) is 1. The molecule has 0 spiro atoms. The van der Waals surface area contributed by atoms with Crippen molar-refractivity contribution in [1.82, 2.24) is 10.6 Å². The van der Waals surface area contributed by atoms with Gasteiger partial charge in [-0.1, -0.05) is 0 Å². The van der Waals surface area contributed by atoms with E-state index in [1.54, 1.807) is 0 Å². The lowest BCUT2D eigenvalue weighted by molar-refractivity contribution is 0.185. The molecule has 2 heterocycles. The molecule has 2 fully saturated rings. The van der Waals surface area contributed by atoms with Crippen molar-refractivity contribution in [3.63, 3.8) is 0 Å². The highest BCUT2D eigenvalue weighted by Gasteiger charge is 2.22. The lowest BCUT2D eigenvalue weighted by Crippen LogP contribution is -2.33. The largest absolute Gasteiger partial charge is 0.381 e. The zero-order valence-electron chi connectivity index (χ0n) is 9.09. The SMILES string of the molecule is CC1NCCC1CNCC1CCOC1. The van der Waals surface area contributed by atoms with E-state index in [1.807, 2.05) is 0 Å². The quantitative estimate of drug-likeness (QED) is 0.694. The molecule has 0 aliphatic carbocycles. The van der Waals surface area contributed by atoms with Crippen molar-refractivity contribution < 1.29 is 4.74 Å². The van der Waals surface area contributed by atoms with Crippen LogP contribution in [0.5, 0.6) is 0 Å². The van der Waals surface area contributed by atoms with Crippen molar-refractivity contribution in [3.05, 3.63) is 0 Å². The molecule has 3 unspecified atom stereocenters. The zero-order chi connectivity index (χ0) is 9.80. The minimum atomic E-state index is 0.697. The van der Waals surface area contributed by atoms with Crippen molar-refractivity contribution in [1.29, 1.82) is 0 Å². The normalized spacial score (nSPS) is 37.9. The van der Waals surface area contributed by atoms with Gasteiger partial charge < -0.3 is 15.4 Å². The topological polar surface area (TPSA) is 33.3 Å². The lowest BCUT2D eigenvalue weighted by Gasteiger charge is -2.17. The lowest BCUT2D eigenvalue weighted by atomic mass is 10.0. The molecule has 3 nitrogen and oxygen atoms in total. The molecule has 0 amide bonds. The molecule has 0 radical (unpaired) electrons. The molecule has 3 atom stereocenters. The zero-order valence-corrected chi connectivity index (χ0v) is 9.09. The molecular formula is C11H22N2O. The fourth-order valence-corrected chi connectivity index (χ4v) is 2.41. The number of hydrogen-bond acceptors (Lipinski definition) is 3. The standard InChI is InChI=1S/C11H22N2O/c1-9-11(2-4-13-9)7-12-6-10-3-5-14-8-10/h9-13H,2-8H2,1H3. The van der Waals surface area contributed by atoms with E-state index in [2.05, 4.69) is 17.6 Å². The van der Waals surface area contributed by atoms with Crippen LogP contribution < -0.4 is 10.6 Å². The van der Waals surface area contributed by atoms with Gasteiger partial charge in [-0.3, -0.25) is 0 Å². The van der Waals surface area contributed by atoms with Gasteiger partial charge in [0, 0.05) is 19.2 Å². The van der Waals surface area contributed by atoms with E-state index in [0.29, 0.717) is 6.04 Å². The van der Waals surface area contributed by atoms with Gasteiger partial charge in [0.05, 0.1) is 6.61 Å². The number of nitrogens with one attached hydrogen (secondary N) is 2. The molecule has 0 aromatic carbocycles. The average molecular weight is 198 g/mol. The van der Waals surface area contributed by atoms with E-state index in [9.17, 15) is 0 Å². The van der Waals surface area contributed by atoms with Gasteiger partial charge in [0.1, 0.15) is 0 Å². The van der Waals surface area contributed by atoms with E-state index >= 15 is 0 Å². The molecule has 2 aliphatic heterocycles. The van der Waals surface area contributed by atoms with Crippen LogP contribution in [0, 0.1) is 11.8 Å². The van der Waals surface area contributed by atoms with Crippen molar-refractivity contribution >= 4 is 0 Å². The van der Waals surface area contributed by atoms with Gasteiger partial charge >= 0.3 is 0 Å². The van der Waals surface area contributed by atoms with Gasteiger partial charge in [-0.15, -0.1) is 0 Å². The minimum Gasteiger partial charge on any atom is -0.381 e. The maximum Gasteiger partial charge on any atom is 0.0507 e. The molecule has 2 saturated heterocycles. The summed E-state index contributed by atoms with van der Waals surface area (Å²) in [5, 5.41) is 7.06. The fourth-order valence-electron chi connectivity index (χ4n) is 2.41. The molecular weight excluding hydrogens is 176 g/mol. The Kier molecular flexibility index (Phi) is 3.79. The molecule has 3 heteroatoms. The Morgan fingerprint density at radius 1 is 1.36 bits per heavy atom. The maximum absolute atomic E-state index is 5.35. The van der Waals surface area contributed by atoms with Crippen LogP contribution in [0.4, 0.5) is 0 Å². The van der Waals surface area contributed by atoms with Crippen molar-refractivity contribution in [2.75, 3.05) is 32.8 Å². The van der Waals surface area contributed by atoms with Crippen molar-refractivity contribution in [2.24, 2.45) is 11.8 Å². The third kappa shape index (κ3) is 2.69. The predicted octanol–water partition coefficient (Wildman–Crippen LogP) is 0.611. The van der Waals surface area contributed by atoms with Crippen LogP contribution in [0.2, 0.25) is 0 Å². The van der Waals surface area contributed by atoms with Crippen LogP contribution in [0.25, 0.3) is 0 Å². The molecule has 0 aromatic heterocycles. The first-order valence-electron chi connectivity index (χ1n) is 5.88. The fraction of sp³-hybridized carbons (Fsp3) is 1.00. The van der Waals surface area contributed by atoms with Gasteiger partial charge in [0.25, 0.3) is 0 Å². The number of hydrogen-bond donors (Lipinski definition) is 2. The smallest absolute Gasteiger partial charge is 0.0507 e. The van der Waals surface area contributed by atoms with Crippen LogP contribution in [0.1, 0.15) is 19.8 Å². The van der Waals surface area contributed by atoms with Gasteiger partial charge in [-0.2, -0.15) is 0 Å². The summed E-state index contributed by atoms with van der Waals surface area (Å²) in [5.41, 5.74) is 0. The second kappa shape index (κ2) is 5.10. The maximum atomic E-state index is 5.35. The Morgan fingerprint density at radius 2 is 2.29 bits per heavy atom. The first-order chi connectivity index (χ1) is 6.86. The van der Waals surface area contributed by atoms with Crippen molar-refractivity contribution in [2.45, 2.75) is 25.8 Å². The summed E-state index contributed by atoms with van der Waals surface area (Å²) in [7, 11) is 0. The average Bonchev–Trinajstić information content (AvgIpc) is 2.78. The Bertz CT molecular complexity index is 169. The second-order valence-corrected chi connectivity index (χ2v) is 4.68. The number of rotatable bonds is 4. The Balaban J connectivity index is 1.57. The Morgan fingerprint density at radius 3 is 2.93 bits per heavy atom. The summed E-state index contributed by atoms with van der Waals surface area (Å²) in [6.07, 6.45) is 2.57. The molecule has 0 bridgehead atoms. The summed E-state index contributed by atoms with van der Waals surface area (Å²) in [6, 6.07) is 0.697. The molecule has 0 aromatic rings. The third-order valence-corrected chi connectivity index (χ3v) is 3.55. The van der Waals surface area contributed by atoms with E-state index in [0.717, 1.165) is 31.6 Å². The molecule has 82 valence electrons. The minimum absolute atomic E-state index is 0.697. The summed E-state index contributed by atoms with van der Waals surface area (Å²) in [4.78, 5) is 0. The summed E-state index contributed by atoms with van der Waals surface area (Å²) < 4.78 is 5.35. The predicted molar refractivity (Wildman–Crippen MR) is 57.4 cm³/mol. The molecule has 2 aliphatic rings. The highest BCUT2D eigenvalue weighted by atomic mass is 16.5. The van der Waals surface area contributed by atoms with Crippen molar-refractivity contribution in [3.8, 4) is 0 Å². The van der Waals surface area contributed by atoms with Gasteiger partial charge in [0.15, 0.2) is 0 Å². The highest BCUT2D eigenvalue weighted by molar-refractivity contribution is 4.81. The van der Waals surface area contributed by atoms with E-state index in [1.165, 1.54) is 25.9 Å². The Hall–Kier alpha value is -0.120. The molecule has 14 heavy (non-hydrogen) atoms. The van der Waals surface area contributed by atoms with Crippen LogP contribution in [-0.4, -0.2) is 38.9 Å². The highest BCUT2D eigenvalue weighted by Crippen LogP contribution is 2.15. The summed E-state index contributed by atoms with van der Waals surface area (Å²) in [5.74, 6) is 1.59. The van der Waals surface area contributed by atoms with E-state index < -0.39 is 0 Å². The van der Waals surface area contributed by atoms with Gasteiger partial charge in [-0.25, -0.2) is 0 Å². The third-order valence-electron chi connectivity index (χ3n) is 3.55. The molecule has 0 saturated carbocycles. The first-order valence-corrected chi connectivity index (χ1v) is 5.88. The summed E-state index contributed by atoms with van der Waals surface area (Å²) in [6.45, 7) is 7.73. The monoisotopic (exact) mass is 198 g/mol. The van der Waals surface area contributed by atoms with E-state index in [-0.39, 0.29) is 0 Å². The van der Waals surface area contributed by atoms with Crippen LogP contribution >= 0.6 is 0 Å². The second-order valence-electron chi connectivity index (χ2n) is 4.68. The van der Waals surface area contributed by atoms with Gasteiger partial charge in [0.2, 0.25) is 0 Å². The molecule has 2 N–H and O–H groups in total. The van der Waals surface area contributed by atoms with Crippen LogP contribution in [0.3, 0.4) is 0 Å². The van der Waals surface area contributed by atoms with Gasteiger partial charge in [-0.05, 0) is 44.7 Å². The summed E-state index contributed by atoms with van der Waals surface area (Å²) >= 11 is 0. The van der Waals surface area contributed by atoms with Crippen LogP contribution in [-0.2, 0) is 4.74 Å². The molecule has 2 rings (SSSR count). The first kappa shape index (κ1) is 10.4. The van der Waals surface area contributed by atoms with E-state index in [4.69, 9.17) is 4.74 Å².